The normalized spacial score (nSPS) is 10.7. The van der Waals surface area contributed by atoms with Gasteiger partial charge in [0.2, 0.25) is 0 Å². The standard InChI is InChI=1S/C11H17N3Si/c1-9-8-13-11(12)10(14-9)6-5-7-15(2,3)4/h8H,7H2,1-4H3,(H2,12,13). The minimum absolute atomic E-state index is 0.420. The molecule has 2 N–H and O–H groups in total. The zero-order valence-corrected chi connectivity index (χ0v) is 10.8. The van der Waals surface area contributed by atoms with Crippen LogP contribution in [0.4, 0.5) is 5.82 Å². The molecule has 0 amide bonds. The Kier molecular flexibility index (Phi) is 3.48. The lowest BCUT2D eigenvalue weighted by molar-refractivity contribution is 1.11. The van der Waals surface area contributed by atoms with E-state index in [1.807, 2.05) is 6.92 Å². The van der Waals surface area contributed by atoms with Crippen molar-refractivity contribution in [2.75, 3.05) is 5.73 Å². The predicted molar refractivity (Wildman–Crippen MR) is 66.2 cm³/mol. The quantitative estimate of drug-likeness (QED) is 0.581. The summed E-state index contributed by atoms with van der Waals surface area (Å²) in [5.74, 6) is 6.56. The first-order valence-corrected chi connectivity index (χ1v) is 8.67. The number of hydrogen-bond acceptors (Lipinski definition) is 3. The molecule has 3 nitrogen and oxygen atoms in total. The Labute approximate surface area is 92.1 Å². The van der Waals surface area contributed by atoms with Crippen molar-refractivity contribution in [3.63, 3.8) is 0 Å². The number of nitrogen functional groups attached to an aromatic ring is 1. The topological polar surface area (TPSA) is 51.8 Å². The second-order valence-corrected chi connectivity index (χ2v) is 10.3. The second kappa shape index (κ2) is 4.45. The number of aryl methyl sites for hydroxylation is 1. The van der Waals surface area contributed by atoms with Gasteiger partial charge >= 0.3 is 0 Å². The van der Waals surface area contributed by atoms with E-state index in [9.17, 15) is 0 Å². The van der Waals surface area contributed by atoms with Gasteiger partial charge in [0, 0.05) is 6.04 Å². The second-order valence-electron chi connectivity index (χ2n) is 4.78. The van der Waals surface area contributed by atoms with Crippen LogP contribution in [0.2, 0.25) is 25.7 Å². The monoisotopic (exact) mass is 219 g/mol. The van der Waals surface area contributed by atoms with Gasteiger partial charge in [-0.25, -0.2) is 9.97 Å². The molecule has 0 aliphatic rings. The highest BCUT2D eigenvalue weighted by Crippen LogP contribution is 2.07. The van der Waals surface area contributed by atoms with Crippen LogP contribution < -0.4 is 5.73 Å². The van der Waals surface area contributed by atoms with Gasteiger partial charge < -0.3 is 5.73 Å². The van der Waals surface area contributed by atoms with Crippen molar-refractivity contribution in [1.29, 1.82) is 0 Å². The molecule has 0 aromatic carbocycles. The SMILES string of the molecule is Cc1cnc(N)c(C#CC[Si](C)(C)C)n1. The van der Waals surface area contributed by atoms with E-state index in [4.69, 9.17) is 5.73 Å². The maximum absolute atomic E-state index is 5.67. The Morgan fingerprint density at radius 1 is 1.40 bits per heavy atom. The van der Waals surface area contributed by atoms with Gasteiger partial charge in [0.05, 0.1) is 20.0 Å². The van der Waals surface area contributed by atoms with Gasteiger partial charge in [-0.05, 0) is 12.8 Å². The molecule has 1 heterocycles. The van der Waals surface area contributed by atoms with E-state index in [2.05, 4.69) is 41.4 Å². The Bertz CT molecular complexity index is 410. The molecule has 0 fully saturated rings. The average Bonchev–Trinajstić information content (AvgIpc) is 2.09. The summed E-state index contributed by atoms with van der Waals surface area (Å²) >= 11 is 0. The van der Waals surface area contributed by atoms with E-state index in [-0.39, 0.29) is 0 Å². The van der Waals surface area contributed by atoms with Crippen molar-refractivity contribution in [1.82, 2.24) is 9.97 Å². The van der Waals surface area contributed by atoms with Crippen molar-refractivity contribution >= 4 is 13.9 Å². The van der Waals surface area contributed by atoms with Crippen LogP contribution in [0, 0.1) is 18.8 Å². The van der Waals surface area contributed by atoms with Gasteiger partial charge in [0.1, 0.15) is 0 Å². The van der Waals surface area contributed by atoms with Gasteiger partial charge in [0.25, 0.3) is 0 Å². The van der Waals surface area contributed by atoms with Crippen LogP contribution in [0.15, 0.2) is 6.20 Å². The first kappa shape index (κ1) is 11.7. The fourth-order valence-corrected chi connectivity index (χ4v) is 1.59. The van der Waals surface area contributed by atoms with Crippen molar-refractivity contribution < 1.29 is 0 Å². The first-order chi connectivity index (χ1) is 6.88. The summed E-state index contributed by atoms with van der Waals surface area (Å²) in [5, 5.41) is 0. The van der Waals surface area contributed by atoms with Gasteiger partial charge in [-0.1, -0.05) is 25.6 Å². The third kappa shape index (κ3) is 4.13. The van der Waals surface area contributed by atoms with Crippen LogP contribution >= 0.6 is 0 Å². The molecular weight excluding hydrogens is 202 g/mol. The van der Waals surface area contributed by atoms with Crippen molar-refractivity contribution in [2.24, 2.45) is 0 Å². The van der Waals surface area contributed by atoms with E-state index in [0.717, 1.165) is 11.7 Å². The Morgan fingerprint density at radius 2 is 2.07 bits per heavy atom. The molecule has 0 spiro atoms. The first-order valence-electron chi connectivity index (χ1n) is 4.96. The van der Waals surface area contributed by atoms with Crippen LogP contribution in [-0.4, -0.2) is 18.0 Å². The summed E-state index contributed by atoms with van der Waals surface area (Å²) in [5.41, 5.74) is 7.13. The molecule has 0 saturated heterocycles. The summed E-state index contributed by atoms with van der Waals surface area (Å²) in [6, 6.07) is 0.960. The number of anilines is 1. The fraction of sp³-hybridized carbons (Fsp3) is 0.455. The zero-order valence-electron chi connectivity index (χ0n) is 9.76. The van der Waals surface area contributed by atoms with Crippen molar-refractivity contribution in [2.45, 2.75) is 32.6 Å². The Balaban J connectivity index is 2.84. The minimum atomic E-state index is -1.10. The molecule has 1 rings (SSSR count). The predicted octanol–water partition coefficient (Wildman–Crippen LogP) is 2.06. The van der Waals surface area contributed by atoms with Gasteiger partial charge in [-0.2, -0.15) is 0 Å². The summed E-state index contributed by atoms with van der Waals surface area (Å²) in [6.07, 6.45) is 1.65. The highest BCUT2D eigenvalue weighted by molar-refractivity contribution is 6.76. The number of nitrogens with zero attached hydrogens (tertiary/aromatic N) is 2. The highest BCUT2D eigenvalue weighted by Gasteiger charge is 2.10. The summed E-state index contributed by atoms with van der Waals surface area (Å²) in [7, 11) is -1.10. The maximum atomic E-state index is 5.67. The van der Waals surface area contributed by atoms with Gasteiger partial charge in [0.15, 0.2) is 11.5 Å². The molecule has 0 bridgehead atoms. The van der Waals surface area contributed by atoms with Crippen molar-refractivity contribution in [3.05, 3.63) is 17.6 Å². The Morgan fingerprint density at radius 3 is 2.67 bits per heavy atom. The molecule has 0 atom stereocenters. The summed E-state index contributed by atoms with van der Waals surface area (Å²) in [4.78, 5) is 8.26. The molecule has 15 heavy (non-hydrogen) atoms. The van der Waals surface area contributed by atoms with Crippen LogP contribution in [0.25, 0.3) is 0 Å². The lowest BCUT2D eigenvalue weighted by Crippen LogP contribution is -2.17. The smallest absolute Gasteiger partial charge is 0.158 e. The average molecular weight is 219 g/mol. The van der Waals surface area contributed by atoms with E-state index in [1.165, 1.54) is 0 Å². The van der Waals surface area contributed by atoms with Crippen LogP contribution in [0.5, 0.6) is 0 Å². The lowest BCUT2D eigenvalue weighted by atomic mass is 10.4. The van der Waals surface area contributed by atoms with Crippen LogP contribution in [0.3, 0.4) is 0 Å². The van der Waals surface area contributed by atoms with Gasteiger partial charge in [-0.3, -0.25) is 0 Å². The van der Waals surface area contributed by atoms with E-state index in [0.29, 0.717) is 11.5 Å². The molecule has 0 unspecified atom stereocenters. The molecule has 1 aromatic heterocycles. The number of aromatic nitrogens is 2. The van der Waals surface area contributed by atoms with Crippen LogP contribution in [0.1, 0.15) is 11.4 Å². The highest BCUT2D eigenvalue weighted by atomic mass is 28.3. The fourth-order valence-electron chi connectivity index (χ4n) is 0.972. The summed E-state index contributed by atoms with van der Waals surface area (Å²) in [6.45, 7) is 8.74. The number of hydrogen-bond donors (Lipinski definition) is 1. The molecule has 0 radical (unpaired) electrons. The zero-order chi connectivity index (χ0) is 11.5. The largest absolute Gasteiger partial charge is 0.381 e. The van der Waals surface area contributed by atoms with Gasteiger partial charge in [-0.15, -0.1) is 0 Å². The van der Waals surface area contributed by atoms with E-state index >= 15 is 0 Å². The molecule has 0 aliphatic heterocycles. The van der Waals surface area contributed by atoms with Crippen molar-refractivity contribution in [3.8, 4) is 11.8 Å². The maximum Gasteiger partial charge on any atom is 0.158 e. The minimum Gasteiger partial charge on any atom is -0.381 e. The summed E-state index contributed by atoms with van der Waals surface area (Å²) < 4.78 is 0. The number of rotatable bonds is 1. The third-order valence-corrected chi connectivity index (χ3v) is 2.98. The molecule has 4 heteroatoms. The van der Waals surface area contributed by atoms with E-state index in [1.54, 1.807) is 6.20 Å². The lowest BCUT2D eigenvalue weighted by Gasteiger charge is -2.09. The molecule has 0 aliphatic carbocycles. The molecule has 0 saturated carbocycles. The molecule has 1 aromatic rings. The molecular formula is C11H17N3Si. The van der Waals surface area contributed by atoms with Crippen LogP contribution in [-0.2, 0) is 0 Å². The Hall–Kier alpha value is -1.34. The molecule has 80 valence electrons. The van der Waals surface area contributed by atoms with E-state index < -0.39 is 8.07 Å². The third-order valence-electron chi connectivity index (χ3n) is 1.75. The number of nitrogens with two attached hydrogens (primary N) is 1.